The Morgan fingerprint density at radius 3 is 1.54 bits per heavy atom. The van der Waals surface area contributed by atoms with Crippen molar-refractivity contribution in [2.45, 2.75) is 37.8 Å². The predicted octanol–water partition coefficient (Wildman–Crippen LogP) is 5.69. The van der Waals surface area contributed by atoms with Crippen molar-refractivity contribution >= 4 is 5.57 Å². The molecule has 28 heavy (non-hydrogen) atoms. The molecular formula is C23H24F4N+. The number of hydrogen-bond acceptors (Lipinski definition) is 0. The standard InChI is InChI=1S/C23H24F4N/c1-28(2)21-3-4-22(28)6-14(5-21)7-23(15-8-17(24)12-18(25)9-15)16-10-19(26)13-20(27)11-16/h7-14,21-22H,3-6H2,1-2H3/q+1. The highest BCUT2D eigenvalue weighted by atomic mass is 19.1. The summed E-state index contributed by atoms with van der Waals surface area (Å²) >= 11 is 0. The number of fused-ring (bicyclic) bond motifs is 2. The molecule has 2 aliphatic rings. The van der Waals surface area contributed by atoms with Gasteiger partial charge in [-0.05, 0) is 46.9 Å². The molecule has 5 heteroatoms. The van der Waals surface area contributed by atoms with Gasteiger partial charge in [0.1, 0.15) is 23.3 Å². The van der Waals surface area contributed by atoms with Crippen LogP contribution in [-0.2, 0) is 0 Å². The molecule has 0 aromatic heterocycles. The van der Waals surface area contributed by atoms with Crippen molar-refractivity contribution in [1.82, 2.24) is 0 Å². The molecule has 2 aliphatic heterocycles. The Morgan fingerprint density at radius 1 is 0.750 bits per heavy atom. The molecule has 148 valence electrons. The summed E-state index contributed by atoms with van der Waals surface area (Å²) in [6, 6.07) is 7.54. The third-order valence-electron chi connectivity index (χ3n) is 6.61. The van der Waals surface area contributed by atoms with Crippen LogP contribution in [0, 0.1) is 29.2 Å². The molecule has 2 bridgehead atoms. The number of benzene rings is 2. The molecule has 2 heterocycles. The lowest BCUT2D eigenvalue weighted by Gasteiger charge is -2.44. The van der Waals surface area contributed by atoms with Gasteiger partial charge in [0.05, 0.1) is 26.2 Å². The second-order valence-corrected chi connectivity index (χ2v) is 8.64. The number of allylic oxidation sites excluding steroid dienone is 1. The van der Waals surface area contributed by atoms with Crippen LogP contribution in [0.25, 0.3) is 5.57 Å². The van der Waals surface area contributed by atoms with Gasteiger partial charge >= 0.3 is 0 Å². The maximum Gasteiger partial charge on any atom is 0.126 e. The van der Waals surface area contributed by atoms with Gasteiger partial charge in [-0.15, -0.1) is 0 Å². The van der Waals surface area contributed by atoms with Crippen molar-refractivity contribution in [1.29, 1.82) is 0 Å². The Kier molecular flexibility index (Phi) is 4.82. The number of nitrogens with zero attached hydrogens (tertiary/aromatic N) is 1. The molecule has 2 aromatic carbocycles. The summed E-state index contributed by atoms with van der Waals surface area (Å²) in [5.41, 5.74) is 1.08. The van der Waals surface area contributed by atoms with E-state index in [0.717, 1.165) is 29.5 Å². The molecule has 2 fully saturated rings. The van der Waals surface area contributed by atoms with Gasteiger partial charge in [-0.1, -0.05) is 6.08 Å². The number of rotatable bonds is 3. The van der Waals surface area contributed by atoms with Gasteiger partial charge in [0.25, 0.3) is 0 Å². The van der Waals surface area contributed by atoms with E-state index in [0.29, 0.717) is 28.8 Å². The van der Waals surface area contributed by atoms with Gasteiger partial charge in [0, 0.05) is 37.8 Å². The summed E-state index contributed by atoms with van der Waals surface area (Å²) < 4.78 is 56.4. The highest BCUT2D eigenvalue weighted by Crippen LogP contribution is 2.43. The minimum absolute atomic E-state index is 0.205. The van der Waals surface area contributed by atoms with Crippen LogP contribution >= 0.6 is 0 Å². The SMILES string of the molecule is C[N+]1(C)C2CCC1CC(C=C(c1cc(F)cc(F)c1)c1cc(F)cc(F)c1)C2. The zero-order valence-corrected chi connectivity index (χ0v) is 16.1. The summed E-state index contributed by atoms with van der Waals surface area (Å²) in [4.78, 5) is 0. The highest BCUT2D eigenvalue weighted by Gasteiger charge is 2.48. The fourth-order valence-corrected chi connectivity index (χ4v) is 5.07. The molecule has 4 rings (SSSR count). The Morgan fingerprint density at radius 2 is 1.14 bits per heavy atom. The van der Waals surface area contributed by atoms with E-state index in [9.17, 15) is 17.6 Å². The van der Waals surface area contributed by atoms with Crippen molar-refractivity contribution in [3.05, 3.63) is 76.9 Å². The fourth-order valence-electron chi connectivity index (χ4n) is 5.07. The molecule has 2 atom stereocenters. The monoisotopic (exact) mass is 390 g/mol. The molecule has 0 radical (unpaired) electrons. The minimum atomic E-state index is -0.709. The van der Waals surface area contributed by atoms with Crippen LogP contribution in [-0.4, -0.2) is 30.7 Å². The van der Waals surface area contributed by atoms with Crippen molar-refractivity contribution in [3.8, 4) is 0 Å². The summed E-state index contributed by atoms with van der Waals surface area (Å²) in [6.45, 7) is 0. The maximum atomic E-state index is 13.9. The average Bonchev–Trinajstić information content (AvgIpc) is 2.76. The first-order valence-corrected chi connectivity index (χ1v) is 9.70. The van der Waals surface area contributed by atoms with Gasteiger partial charge in [-0.25, -0.2) is 17.6 Å². The number of hydrogen-bond donors (Lipinski definition) is 0. The first-order chi connectivity index (χ1) is 13.2. The van der Waals surface area contributed by atoms with E-state index in [2.05, 4.69) is 14.1 Å². The predicted molar refractivity (Wildman–Crippen MR) is 101 cm³/mol. The number of halogens is 4. The van der Waals surface area contributed by atoms with Crippen molar-refractivity contribution < 1.29 is 22.0 Å². The van der Waals surface area contributed by atoms with Crippen molar-refractivity contribution in [2.24, 2.45) is 5.92 Å². The van der Waals surface area contributed by atoms with Gasteiger partial charge in [-0.3, -0.25) is 0 Å². The lowest BCUT2D eigenvalue weighted by molar-refractivity contribution is -0.931. The van der Waals surface area contributed by atoms with Gasteiger partial charge in [0.2, 0.25) is 0 Å². The molecule has 0 saturated carbocycles. The molecular weight excluding hydrogens is 366 g/mol. The first kappa shape index (κ1) is 19.2. The molecule has 0 N–H and O–H groups in total. The van der Waals surface area contributed by atoms with E-state index in [1.165, 1.54) is 37.1 Å². The van der Waals surface area contributed by atoms with E-state index in [4.69, 9.17) is 0 Å². The topological polar surface area (TPSA) is 0 Å². The van der Waals surface area contributed by atoms with E-state index in [-0.39, 0.29) is 5.92 Å². The summed E-state index contributed by atoms with van der Waals surface area (Å²) in [5, 5.41) is 0. The van der Waals surface area contributed by atoms with Crippen molar-refractivity contribution in [2.75, 3.05) is 14.1 Å². The van der Waals surface area contributed by atoms with E-state index in [1.807, 2.05) is 6.08 Å². The summed E-state index contributed by atoms with van der Waals surface area (Å²) in [5.74, 6) is -2.63. The Labute approximate surface area is 162 Å². The molecule has 0 spiro atoms. The highest BCUT2D eigenvalue weighted by molar-refractivity contribution is 5.80. The van der Waals surface area contributed by atoms with Gasteiger partial charge in [0.15, 0.2) is 0 Å². The zero-order valence-electron chi connectivity index (χ0n) is 16.1. The summed E-state index contributed by atoms with van der Waals surface area (Å²) in [6.07, 6.45) is 6.22. The van der Waals surface area contributed by atoms with E-state index >= 15 is 0 Å². The van der Waals surface area contributed by atoms with Crippen LogP contribution in [0.1, 0.15) is 36.8 Å². The van der Waals surface area contributed by atoms with E-state index < -0.39 is 23.3 Å². The van der Waals surface area contributed by atoms with Crippen LogP contribution in [0.2, 0.25) is 0 Å². The van der Waals surface area contributed by atoms with Crippen LogP contribution in [0.15, 0.2) is 42.5 Å². The third-order valence-corrected chi connectivity index (χ3v) is 6.61. The average molecular weight is 390 g/mol. The summed E-state index contributed by atoms with van der Waals surface area (Å²) in [7, 11) is 4.51. The lowest BCUT2D eigenvalue weighted by atomic mass is 9.85. The second kappa shape index (κ2) is 7.03. The zero-order chi connectivity index (χ0) is 20.1. The number of piperidine rings is 1. The molecule has 0 amide bonds. The normalized spacial score (nSPS) is 25.6. The third kappa shape index (κ3) is 3.60. The molecule has 2 saturated heterocycles. The molecule has 2 unspecified atom stereocenters. The fraction of sp³-hybridized carbons (Fsp3) is 0.391. The first-order valence-electron chi connectivity index (χ1n) is 9.70. The largest absolute Gasteiger partial charge is 0.324 e. The van der Waals surface area contributed by atoms with Crippen LogP contribution in [0.4, 0.5) is 17.6 Å². The molecule has 0 aliphatic carbocycles. The molecule has 2 aromatic rings. The quantitative estimate of drug-likeness (QED) is 0.466. The lowest BCUT2D eigenvalue weighted by Crippen LogP contribution is -2.54. The maximum absolute atomic E-state index is 13.9. The van der Waals surface area contributed by atoms with Crippen LogP contribution < -0.4 is 0 Å². The Hall–Kier alpha value is -2.14. The van der Waals surface area contributed by atoms with E-state index in [1.54, 1.807) is 0 Å². The van der Waals surface area contributed by atoms with Crippen LogP contribution in [0.5, 0.6) is 0 Å². The van der Waals surface area contributed by atoms with Gasteiger partial charge in [-0.2, -0.15) is 0 Å². The number of quaternary nitrogens is 1. The Bertz CT molecular complexity index is 824. The smallest absolute Gasteiger partial charge is 0.126 e. The van der Waals surface area contributed by atoms with Crippen LogP contribution in [0.3, 0.4) is 0 Å². The van der Waals surface area contributed by atoms with Crippen molar-refractivity contribution in [3.63, 3.8) is 0 Å². The van der Waals surface area contributed by atoms with Gasteiger partial charge < -0.3 is 4.48 Å². The second-order valence-electron chi connectivity index (χ2n) is 8.64. The minimum Gasteiger partial charge on any atom is -0.324 e. The Balaban J connectivity index is 1.78. The molecule has 1 nitrogen and oxygen atoms in total.